The molecule has 0 atom stereocenters. The zero-order valence-corrected chi connectivity index (χ0v) is 28.8. The van der Waals surface area contributed by atoms with Crippen LogP contribution in [0, 0.1) is 13.8 Å². The SMILES string of the molecule is CCCCCCC(=O)Oc1c2ccccc2c(-c2c3ccccc3c(OC(=O)CCCCCC)c3cccc(C)c23)c2c(C)cccc12. The molecule has 0 radical (unpaired) electrons. The Morgan fingerprint density at radius 2 is 0.833 bits per heavy atom. The minimum absolute atomic E-state index is 0.195. The van der Waals surface area contributed by atoms with Gasteiger partial charge in [-0.2, -0.15) is 0 Å². The molecule has 6 aromatic carbocycles. The number of fused-ring (bicyclic) bond motifs is 4. The van der Waals surface area contributed by atoms with Crippen LogP contribution >= 0.6 is 0 Å². The first-order valence-corrected chi connectivity index (χ1v) is 17.7. The van der Waals surface area contributed by atoms with Gasteiger partial charge in [-0.25, -0.2) is 0 Å². The molecule has 0 bridgehead atoms. The molecule has 0 heterocycles. The zero-order valence-electron chi connectivity index (χ0n) is 28.8. The standard InChI is InChI=1S/C44H46O4/c1-5-7-9-11-27-37(45)47-43-33-23-15-13-21-31(33)41(39-29(3)19-17-25-35(39)43)42-32-22-14-16-24-34(32)44(36-26-18-20-30(4)40(36)42)48-38(46)28-12-10-8-6-2/h13-26H,5-12,27-28H2,1-4H3. The summed E-state index contributed by atoms with van der Waals surface area (Å²) in [6, 6.07) is 29.0. The van der Waals surface area contributed by atoms with Crippen LogP contribution in [0.1, 0.15) is 89.2 Å². The first-order valence-electron chi connectivity index (χ1n) is 17.7. The van der Waals surface area contributed by atoms with Gasteiger partial charge in [0.2, 0.25) is 0 Å². The van der Waals surface area contributed by atoms with E-state index >= 15 is 0 Å². The van der Waals surface area contributed by atoms with Gasteiger partial charge in [0, 0.05) is 34.4 Å². The van der Waals surface area contributed by atoms with Crippen LogP contribution in [-0.4, -0.2) is 11.9 Å². The minimum atomic E-state index is -0.195. The maximum absolute atomic E-state index is 13.3. The molecule has 4 nitrogen and oxygen atoms in total. The van der Waals surface area contributed by atoms with Gasteiger partial charge in [0.15, 0.2) is 0 Å². The Morgan fingerprint density at radius 1 is 0.458 bits per heavy atom. The summed E-state index contributed by atoms with van der Waals surface area (Å²) in [7, 11) is 0. The van der Waals surface area contributed by atoms with Crippen molar-refractivity contribution < 1.29 is 19.1 Å². The molecule has 0 saturated heterocycles. The maximum Gasteiger partial charge on any atom is 0.311 e. The third-order valence-electron chi connectivity index (χ3n) is 9.57. The van der Waals surface area contributed by atoms with Gasteiger partial charge >= 0.3 is 11.9 Å². The van der Waals surface area contributed by atoms with Crippen molar-refractivity contribution >= 4 is 55.0 Å². The quantitative estimate of drug-likeness (QED) is 0.0547. The number of hydrogen-bond acceptors (Lipinski definition) is 4. The van der Waals surface area contributed by atoms with Crippen molar-refractivity contribution in [3.05, 3.63) is 96.1 Å². The van der Waals surface area contributed by atoms with Crippen LogP contribution in [0.15, 0.2) is 84.9 Å². The highest BCUT2D eigenvalue weighted by molar-refractivity contribution is 6.28. The number of carbonyl (C=O) groups excluding carboxylic acids is 2. The molecule has 6 aromatic rings. The fraction of sp³-hybridized carbons (Fsp3) is 0.318. The van der Waals surface area contributed by atoms with Crippen LogP contribution in [0.25, 0.3) is 54.2 Å². The third-order valence-corrected chi connectivity index (χ3v) is 9.57. The lowest BCUT2D eigenvalue weighted by Gasteiger charge is -2.23. The van der Waals surface area contributed by atoms with Crippen molar-refractivity contribution in [3.63, 3.8) is 0 Å². The summed E-state index contributed by atoms with van der Waals surface area (Å²) >= 11 is 0. The van der Waals surface area contributed by atoms with Crippen LogP contribution in [-0.2, 0) is 9.59 Å². The number of benzene rings is 6. The first kappa shape index (κ1) is 33.2. The molecule has 0 spiro atoms. The van der Waals surface area contributed by atoms with Gasteiger partial charge in [0.05, 0.1) is 0 Å². The molecule has 0 amide bonds. The lowest BCUT2D eigenvalue weighted by molar-refractivity contribution is -0.135. The maximum atomic E-state index is 13.3. The topological polar surface area (TPSA) is 52.6 Å². The second-order valence-corrected chi connectivity index (χ2v) is 13.1. The summed E-state index contributed by atoms with van der Waals surface area (Å²) in [5.74, 6) is 0.846. The van der Waals surface area contributed by atoms with Crippen molar-refractivity contribution in [2.45, 2.75) is 91.9 Å². The summed E-state index contributed by atoms with van der Waals surface area (Å²) in [4.78, 5) is 26.5. The normalized spacial score (nSPS) is 11.5. The van der Waals surface area contributed by atoms with E-state index < -0.39 is 0 Å². The predicted octanol–water partition coefficient (Wildman–Crippen LogP) is 12.3. The van der Waals surface area contributed by atoms with E-state index in [1.165, 1.54) is 0 Å². The van der Waals surface area contributed by atoms with Crippen molar-refractivity contribution in [1.82, 2.24) is 0 Å². The number of ether oxygens (including phenoxy) is 2. The van der Waals surface area contributed by atoms with Crippen LogP contribution in [0.4, 0.5) is 0 Å². The summed E-state index contributed by atoms with van der Waals surface area (Å²) in [5.41, 5.74) is 4.38. The highest BCUT2D eigenvalue weighted by Gasteiger charge is 2.25. The van der Waals surface area contributed by atoms with Crippen molar-refractivity contribution in [2.24, 2.45) is 0 Å². The van der Waals surface area contributed by atoms with Gasteiger partial charge in [0.25, 0.3) is 0 Å². The number of carbonyl (C=O) groups is 2. The molecular formula is C44H46O4. The van der Waals surface area contributed by atoms with E-state index in [-0.39, 0.29) is 11.9 Å². The van der Waals surface area contributed by atoms with Gasteiger partial charge in [-0.1, -0.05) is 137 Å². The lowest BCUT2D eigenvalue weighted by Crippen LogP contribution is -2.09. The average molecular weight is 639 g/mol. The van der Waals surface area contributed by atoms with Crippen molar-refractivity contribution in [1.29, 1.82) is 0 Å². The van der Waals surface area contributed by atoms with Crippen molar-refractivity contribution in [3.8, 4) is 22.6 Å². The predicted molar refractivity (Wildman–Crippen MR) is 200 cm³/mol. The molecule has 0 aromatic heterocycles. The summed E-state index contributed by atoms with van der Waals surface area (Å²) in [6.07, 6.45) is 8.97. The highest BCUT2D eigenvalue weighted by Crippen LogP contribution is 2.51. The summed E-state index contributed by atoms with van der Waals surface area (Å²) in [6.45, 7) is 8.60. The van der Waals surface area contributed by atoms with E-state index in [9.17, 15) is 9.59 Å². The Bertz CT molecular complexity index is 1970. The van der Waals surface area contributed by atoms with Gasteiger partial charge in [-0.05, 0) is 70.5 Å². The molecule has 246 valence electrons. The molecule has 0 saturated carbocycles. The third kappa shape index (κ3) is 6.54. The molecule has 48 heavy (non-hydrogen) atoms. The van der Waals surface area contributed by atoms with Gasteiger partial charge < -0.3 is 9.47 Å². The van der Waals surface area contributed by atoms with Crippen molar-refractivity contribution in [2.75, 3.05) is 0 Å². The first-order chi connectivity index (χ1) is 23.4. The Hall–Kier alpha value is -4.70. The Kier molecular flexibility index (Phi) is 10.4. The molecule has 0 unspecified atom stereocenters. The minimum Gasteiger partial charge on any atom is -0.425 e. The number of esters is 2. The summed E-state index contributed by atoms with van der Waals surface area (Å²) in [5, 5.41) is 7.78. The van der Waals surface area contributed by atoms with E-state index in [0.29, 0.717) is 24.3 Å². The number of hydrogen-bond donors (Lipinski definition) is 0. The van der Waals surface area contributed by atoms with Crippen LogP contribution in [0.2, 0.25) is 0 Å². The number of rotatable bonds is 13. The number of unbranched alkanes of at least 4 members (excludes halogenated alkanes) is 6. The zero-order chi connectivity index (χ0) is 33.6. The Balaban J connectivity index is 1.62. The molecule has 6 rings (SSSR count). The number of aryl methyl sites for hydroxylation is 2. The molecular weight excluding hydrogens is 592 g/mol. The second-order valence-electron chi connectivity index (χ2n) is 13.1. The average Bonchev–Trinajstić information content (AvgIpc) is 3.09. The summed E-state index contributed by atoms with van der Waals surface area (Å²) < 4.78 is 12.6. The highest BCUT2D eigenvalue weighted by atomic mass is 16.5. The molecule has 0 aliphatic heterocycles. The fourth-order valence-electron chi connectivity index (χ4n) is 7.20. The molecule has 0 aliphatic carbocycles. The fourth-order valence-corrected chi connectivity index (χ4v) is 7.20. The van der Waals surface area contributed by atoms with Gasteiger partial charge in [-0.15, -0.1) is 0 Å². The molecule has 0 aliphatic rings. The molecule has 0 fully saturated rings. The lowest BCUT2D eigenvalue weighted by atomic mass is 9.83. The van der Waals surface area contributed by atoms with Gasteiger partial charge in [-0.3, -0.25) is 9.59 Å². The monoisotopic (exact) mass is 638 g/mol. The molecule has 4 heteroatoms. The van der Waals surface area contributed by atoms with Crippen LogP contribution in [0.5, 0.6) is 11.5 Å². The largest absolute Gasteiger partial charge is 0.425 e. The molecule has 0 N–H and O–H groups in total. The Labute approximate surface area is 284 Å². The van der Waals surface area contributed by atoms with Crippen LogP contribution in [0.3, 0.4) is 0 Å². The second kappa shape index (κ2) is 15.0. The van der Waals surface area contributed by atoms with E-state index in [1.54, 1.807) is 0 Å². The van der Waals surface area contributed by atoms with E-state index in [4.69, 9.17) is 9.47 Å². The smallest absolute Gasteiger partial charge is 0.311 e. The van der Waals surface area contributed by atoms with E-state index in [0.717, 1.165) is 117 Å². The van der Waals surface area contributed by atoms with E-state index in [2.05, 4.69) is 88.4 Å². The van der Waals surface area contributed by atoms with Crippen LogP contribution < -0.4 is 9.47 Å². The Morgan fingerprint density at radius 3 is 1.23 bits per heavy atom. The van der Waals surface area contributed by atoms with Gasteiger partial charge in [0.1, 0.15) is 11.5 Å². The van der Waals surface area contributed by atoms with E-state index in [1.807, 2.05) is 24.3 Å².